The van der Waals surface area contributed by atoms with Crippen LogP contribution in [-0.4, -0.2) is 12.6 Å². The van der Waals surface area contributed by atoms with Gasteiger partial charge in [0.05, 0.1) is 5.56 Å². The van der Waals surface area contributed by atoms with Gasteiger partial charge in [-0.05, 0) is 98.4 Å². The number of hydrogen-bond donors (Lipinski definition) is 0. The molecule has 0 aromatic heterocycles. The summed E-state index contributed by atoms with van der Waals surface area (Å²) in [7, 11) is 0. The van der Waals surface area contributed by atoms with E-state index in [1.165, 1.54) is 62.6 Å². The summed E-state index contributed by atoms with van der Waals surface area (Å²) < 4.78 is 24.7. The van der Waals surface area contributed by atoms with Crippen LogP contribution >= 0.6 is 0 Å². The van der Waals surface area contributed by atoms with Crippen molar-refractivity contribution in [3.63, 3.8) is 0 Å². The highest BCUT2D eigenvalue weighted by Crippen LogP contribution is 2.48. The first-order valence-electron chi connectivity index (χ1n) is 12.5. The molecule has 0 aliphatic heterocycles. The van der Waals surface area contributed by atoms with Crippen LogP contribution in [0, 0.1) is 23.6 Å². The second kappa shape index (κ2) is 11.5. The third-order valence-corrected chi connectivity index (χ3v) is 7.59. The van der Waals surface area contributed by atoms with Crippen molar-refractivity contribution in [2.45, 2.75) is 57.3 Å². The third kappa shape index (κ3) is 5.97. The minimum absolute atomic E-state index is 0.101. The molecule has 2 aliphatic rings. The Morgan fingerprint density at radius 3 is 2.47 bits per heavy atom. The van der Waals surface area contributed by atoms with Gasteiger partial charge in [0, 0.05) is 6.07 Å². The van der Waals surface area contributed by atoms with Crippen LogP contribution in [0.1, 0.15) is 73.2 Å². The molecule has 180 valence electrons. The Bertz CT molecular complexity index is 997. The van der Waals surface area contributed by atoms with E-state index >= 15 is 0 Å². The minimum Gasteiger partial charge on any atom is -0.486 e. The van der Waals surface area contributed by atoms with Crippen molar-refractivity contribution in [3.05, 3.63) is 84.7 Å². The van der Waals surface area contributed by atoms with Crippen molar-refractivity contribution in [2.75, 3.05) is 6.61 Å². The van der Waals surface area contributed by atoms with Gasteiger partial charge in [-0.2, -0.15) is 0 Å². The molecule has 0 amide bonds. The number of ether oxygens (including phenoxy) is 2. The number of rotatable bonds is 9. The van der Waals surface area contributed by atoms with Crippen LogP contribution in [0.3, 0.4) is 0 Å². The Balaban J connectivity index is 1.32. The first-order chi connectivity index (χ1) is 16.6. The topological polar surface area (TPSA) is 35.5 Å². The SMILES string of the molecule is C=CCCC1CCC2CC(c3ccc(C(=O)Oc4ccc(OCC=C)c(F)c4)cc3)CCC2C1. The molecule has 2 saturated carbocycles. The minimum atomic E-state index is -0.576. The van der Waals surface area contributed by atoms with E-state index < -0.39 is 11.8 Å². The van der Waals surface area contributed by atoms with Crippen LogP contribution in [0.15, 0.2) is 67.8 Å². The quantitative estimate of drug-likeness (QED) is 0.216. The average Bonchev–Trinajstić information content (AvgIpc) is 2.86. The molecule has 34 heavy (non-hydrogen) atoms. The van der Waals surface area contributed by atoms with Gasteiger partial charge in [0.1, 0.15) is 12.4 Å². The van der Waals surface area contributed by atoms with Crippen LogP contribution in [0.4, 0.5) is 4.39 Å². The van der Waals surface area contributed by atoms with Gasteiger partial charge in [-0.3, -0.25) is 0 Å². The zero-order valence-corrected chi connectivity index (χ0v) is 19.9. The van der Waals surface area contributed by atoms with Gasteiger partial charge >= 0.3 is 5.97 Å². The van der Waals surface area contributed by atoms with E-state index in [2.05, 4.69) is 31.4 Å². The molecule has 0 spiro atoms. The lowest BCUT2D eigenvalue weighted by molar-refractivity contribution is 0.0734. The van der Waals surface area contributed by atoms with E-state index in [4.69, 9.17) is 9.47 Å². The van der Waals surface area contributed by atoms with Gasteiger partial charge in [-0.25, -0.2) is 9.18 Å². The van der Waals surface area contributed by atoms with Crippen LogP contribution in [0.5, 0.6) is 11.5 Å². The van der Waals surface area contributed by atoms with Crippen LogP contribution < -0.4 is 9.47 Å². The summed E-state index contributed by atoms with van der Waals surface area (Å²) in [6.45, 7) is 7.62. The molecule has 2 aromatic carbocycles. The fourth-order valence-corrected chi connectivity index (χ4v) is 5.77. The number of allylic oxidation sites excluding steroid dienone is 1. The Kier molecular flexibility index (Phi) is 8.21. The number of carbonyl (C=O) groups is 1. The van der Waals surface area contributed by atoms with E-state index in [9.17, 15) is 9.18 Å². The maximum Gasteiger partial charge on any atom is 0.343 e. The molecule has 0 heterocycles. The number of carbonyl (C=O) groups excluding carboxylic acids is 1. The highest BCUT2D eigenvalue weighted by molar-refractivity contribution is 5.91. The summed E-state index contributed by atoms with van der Waals surface area (Å²) in [6, 6.07) is 11.9. The molecule has 2 aromatic rings. The summed E-state index contributed by atoms with van der Waals surface area (Å²) in [5, 5.41) is 0. The molecular formula is C30H35FO3. The first kappa shape index (κ1) is 24.3. The molecule has 0 bridgehead atoms. The van der Waals surface area contributed by atoms with Crippen LogP contribution in [0.25, 0.3) is 0 Å². The molecule has 4 atom stereocenters. The zero-order valence-electron chi connectivity index (χ0n) is 19.9. The van der Waals surface area contributed by atoms with Gasteiger partial charge in [0.2, 0.25) is 0 Å². The molecule has 0 saturated heterocycles. The lowest BCUT2D eigenvalue weighted by Crippen LogP contribution is -2.30. The van der Waals surface area contributed by atoms with Crippen molar-refractivity contribution in [1.29, 1.82) is 0 Å². The maximum atomic E-state index is 14.1. The Labute approximate surface area is 202 Å². The van der Waals surface area contributed by atoms with Gasteiger partial charge in [-0.1, -0.05) is 37.3 Å². The molecule has 4 heteroatoms. The Morgan fingerprint density at radius 2 is 1.74 bits per heavy atom. The van der Waals surface area contributed by atoms with Crippen LogP contribution in [-0.2, 0) is 0 Å². The van der Waals surface area contributed by atoms with Gasteiger partial charge in [0.15, 0.2) is 11.6 Å². The average molecular weight is 463 g/mol. The predicted molar refractivity (Wildman–Crippen MR) is 134 cm³/mol. The van der Waals surface area contributed by atoms with E-state index in [1.807, 2.05) is 12.1 Å². The van der Waals surface area contributed by atoms with Crippen molar-refractivity contribution in [1.82, 2.24) is 0 Å². The summed E-state index contributed by atoms with van der Waals surface area (Å²) >= 11 is 0. The van der Waals surface area contributed by atoms with Gasteiger partial charge < -0.3 is 9.47 Å². The normalized spacial score (nSPS) is 24.0. The fraction of sp³-hybridized carbons (Fsp3) is 0.433. The second-order valence-electron chi connectivity index (χ2n) is 9.78. The van der Waals surface area contributed by atoms with Crippen molar-refractivity contribution < 1.29 is 18.7 Å². The standard InChI is InChI=1S/C30H35FO3/c1-3-5-6-21-7-8-26-19-25(14-13-24(26)18-21)22-9-11-23(12-10-22)30(32)34-27-15-16-29(28(31)20-27)33-17-4-2/h3-4,9-12,15-16,20-21,24-26H,1-2,5-8,13-14,17-19H2. The molecule has 0 radical (unpaired) electrons. The maximum absolute atomic E-state index is 14.1. The summed E-state index contributed by atoms with van der Waals surface area (Å²) in [5.74, 6) is 2.34. The fourth-order valence-electron chi connectivity index (χ4n) is 5.77. The van der Waals surface area contributed by atoms with E-state index in [-0.39, 0.29) is 18.1 Å². The molecule has 0 N–H and O–H groups in total. The molecule has 4 rings (SSSR count). The largest absolute Gasteiger partial charge is 0.486 e. The molecule has 2 aliphatic carbocycles. The molecule has 3 nitrogen and oxygen atoms in total. The van der Waals surface area contributed by atoms with Crippen molar-refractivity contribution in [2.24, 2.45) is 17.8 Å². The smallest absolute Gasteiger partial charge is 0.343 e. The number of benzene rings is 2. The third-order valence-electron chi connectivity index (χ3n) is 7.59. The summed E-state index contributed by atoms with van der Waals surface area (Å²) in [6.07, 6.45) is 13.9. The highest BCUT2D eigenvalue weighted by Gasteiger charge is 2.35. The zero-order chi connectivity index (χ0) is 23.9. The first-order valence-corrected chi connectivity index (χ1v) is 12.5. The van der Waals surface area contributed by atoms with Crippen molar-refractivity contribution in [3.8, 4) is 11.5 Å². The highest BCUT2D eigenvalue weighted by atomic mass is 19.1. The van der Waals surface area contributed by atoms with Gasteiger partial charge in [0.25, 0.3) is 0 Å². The van der Waals surface area contributed by atoms with Gasteiger partial charge in [-0.15, -0.1) is 6.58 Å². The number of esters is 1. The summed E-state index contributed by atoms with van der Waals surface area (Å²) in [4.78, 5) is 12.6. The van der Waals surface area contributed by atoms with Crippen LogP contribution in [0.2, 0.25) is 0 Å². The van der Waals surface area contributed by atoms with E-state index in [0.29, 0.717) is 11.5 Å². The number of hydrogen-bond acceptors (Lipinski definition) is 3. The lowest BCUT2D eigenvalue weighted by atomic mass is 9.63. The Morgan fingerprint density at radius 1 is 0.971 bits per heavy atom. The van der Waals surface area contributed by atoms with Crippen molar-refractivity contribution >= 4 is 5.97 Å². The predicted octanol–water partition coefficient (Wildman–Crippen LogP) is 7.88. The monoisotopic (exact) mass is 462 g/mol. The molecule has 4 unspecified atom stereocenters. The van der Waals surface area contributed by atoms with E-state index in [1.54, 1.807) is 6.08 Å². The second-order valence-corrected chi connectivity index (χ2v) is 9.78. The Hall–Kier alpha value is -2.88. The number of halogens is 1. The molecule has 2 fully saturated rings. The molecular weight excluding hydrogens is 427 g/mol. The number of fused-ring (bicyclic) bond motifs is 1. The summed E-state index contributed by atoms with van der Waals surface area (Å²) in [5.41, 5.74) is 1.77. The van der Waals surface area contributed by atoms with E-state index in [0.717, 1.165) is 30.2 Å². The lowest BCUT2D eigenvalue weighted by Gasteiger charge is -2.42.